The summed E-state index contributed by atoms with van der Waals surface area (Å²) in [7, 11) is 0. The van der Waals surface area contributed by atoms with Gasteiger partial charge in [-0.25, -0.2) is 9.97 Å². The lowest BCUT2D eigenvalue weighted by atomic mass is 10.1. The summed E-state index contributed by atoms with van der Waals surface area (Å²) in [4.78, 5) is 13.1. The first-order valence-corrected chi connectivity index (χ1v) is 9.40. The normalized spacial score (nSPS) is 17.3. The molecule has 25 heavy (non-hydrogen) atoms. The lowest BCUT2D eigenvalue weighted by molar-refractivity contribution is 0.220. The number of nitrogens with zero attached hydrogens (tertiary/aromatic N) is 4. The maximum Gasteiger partial charge on any atom is 0.137 e. The molecule has 5 nitrogen and oxygen atoms in total. The minimum absolute atomic E-state index is 0. The molecule has 0 saturated carbocycles. The molecule has 0 spiro atoms. The van der Waals surface area contributed by atoms with E-state index in [4.69, 9.17) is 4.98 Å². The molecule has 1 atom stereocenters. The number of rotatable bonds is 6. The molecule has 0 radical (unpaired) electrons. The Bertz CT molecular complexity index is 776. The SMILES string of the molecule is Cc1ncsc1CN(Cc1cn2ccccc2n1)CC1CCNC1.Cl. The number of pyridine rings is 1. The van der Waals surface area contributed by atoms with Gasteiger partial charge in [-0.15, -0.1) is 23.7 Å². The summed E-state index contributed by atoms with van der Waals surface area (Å²) in [5.74, 6) is 0.732. The van der Waals surface area contributed by atoms with E-state index in [1.807, 2.05) is 17.6 Å². The van der Waals surface area contributed by atoms with Crippen LogP contribution < -0.4 is 5.32 Å². The van der Waals surface area contributed by atoms with Crippen molar-refractivity contribution in [3.63, 3.8) is 0 Å². The molecule has 4 rings (SSSR count). The minimum Gasteiger partial charge on any atom is -0.316 e. The van der Waals surface area contributed by atoms with E-state index in [0.717, 1.165) is 55.7 Å². The Balaban J connectivity index is 0.00000182. The van der Waals surface area contributed by atoms with Gasteiger partial charge >= 0.3 is 0 Å². The summed E-state index contributed by atoms with van der Waals surface area (Å²) >= 11 is 1.76. The summed E-state index contributed by atoms with van der Waals surface area (Å²) in [6.07, 6.45) is 5.47. The van der Waals surface area contributed by atoms with Crippen LogP contribution in [-0.4, -0.2) is 38.9 Å². The molecule has 1 unspecified atom stereocenters. The van der Waals surface area contributed by atoms with Gasteiger partial charge in [0.25, 0.3) is 0 Å². The van der Waals surface area contributed by atoms with E-state index in [-0.39, 0.29) is 12.4 Å². The molecule has 1 aliphatic heterocycles. The largest absolute Gasteiger partial charge is 0.316 e. The standard InChI is InChI=1S/C18H23N5S.ClH/c1-14-17(24-13-20-14)12-22(9-15-5-6-19-8-15)10-16-11-23-7-3-2-4-18(23)21-16;/h2-4,7,11,13,15,19H,5-6,8-10,12H2,1H3;1H. The highest BCUT2D eigenvalue weighted by atomic mass is 35.5. The van der Waals surface area contributed by atoms with Gasteiger partial charge in [-0.3, -0.25) is 4.90 Å². The number of hydrogen-bond acceptors (Lipinski definition) is 5. The quantitative estimate of drug-likeness (QED) is 0.716. The van der Waals surface area contributed by atoms with E-state index < -0.39 is 0 Å². The molecule has 0 aliphatic carbocycles. The molecule has 7 heteroatoms. The van der Waals surface area contributed by atoms with Crippen LogP contribution >= 0.6 is 23.7 Å². The van der Waals surface area contributed by atoms with Crippen LogP contribution in [0.25, 0.3) is 5.65 Å². The topological polar surface area (TPSA) is 45.5 Å². The molecule has 0 amide bonds. The first kappa shape index (κ1) is 18.3. The number of halogens is 1. The second kappa shape index (κ2) is 8.27. The number of nitrogens with one attached hydrogen (secondary N) is 1. The Kier molecular flexibility index (Phi) is 6.06. The van der Waals surface area contributed by atoms with Crippen molar-refractivity contribution in [2.24, 2.45) is 5.92 Å². The van der Waals surface area contributed by atoms with Crippen LogP contribution in [0.5, 0.6) is 0 Å². The van der Waals surface area contributed by atoms with Gasteiger partial charge < -0.3 is 9.72 Å². The van der Waals surface area contributed by atoms with Crippen LogP contribution in [0.4, 0.5) is 0 Å². The van der Waals surface area contributed by atoms with E-state index >= 15 is 0 Å². The van der Waals surface area contributed by atoms with Crippen LogP contribution in [0.2, 0.25) is 0 Å². The summed E-state index contributed by atoms with van der Waals surface area (Å²) in [6.45, 7) is 7.33. The highest BCUT2D eigenvalue weighted by molar-refractivity contribution is 7.09. The van der Waals surface area contributed by atoms with Gasteiger partial charge in [0.15, 0.2) is 0 Å². The monoisotopic (exact) mass is 377 g/mol. The van der Waals surface area contributed by atoms with Crippen molar-refractivity contribution in [1.29, 1.82) is 0 Å². The van der Waals surface area contributed by atoms with Crippen molar-refractivity contribution >= 4 is 29.4 Å². The van der Waals surface area contributed by atoms with Gasteiger partial charge in [0.2, 0.25) is 0 Å². The molecule has 3 aromatic heterocycles. The van der Waals surface area contributed by atoms with E-state index in [0.29, 0.717) is 0 Å². The zero-order valence-electron chi connectivity index (χ0n) is 14.4. The van der Waals surface area contributed by atoms with E-state index in [1.54, 1.807) is 11.3 Å². The molecule has 134 valence electrons. The molecule has 0 bridgehead atoms. The Hall–Kier alpha value is -1.47. The molecule has 4 heterocycles. The first-order valence-electron chi connectivity index (χ1n) is 8.52. The Morgan fingerprint density at radius 3 is 3.00 bits per heavy atom. The number of aryl methyl sites for hydroxylation is 1. The Morgan fingerprint density at radius 1 is 1.36 bits per heavy atom. The smallest absolute Gasteiger partial charge is 0.137 e. The summed E-state index contributed by atoms with van der Waals surface area (Å²) in [5, 5.41) is 3.48. The van der Waals surface area contributed by atoms with Crippen LogP contribution in [0.1, 0.15) is 22.7 Å². The van der Waals surface area contributed by atoms with Gasteiger partial charge in [-0.05, 0) is 44.5 Å². The number of hydrogen-bond donors (Lipinski definition) is 1. The van der Waals surface area contributed by atoms with Gasteiger partial charge in [-0.1, -0.05) is 6.07 Å². The van der Waals surface area contributed by atoms with E-state index in [2.05, 4.69) is 45.0 Å². The fourth-order valence-electron chi connectivity index (χ4n) is 3.39. The van der Waals surface area contributed by atoms with Crippen LogP contribution in [0.3, 0.4) is 0 Å². The van der Waals surface area contributed by atoms with Crippen molar-refractivity contribution < 1.29 is 0 Å². The molecule has 1 N–H and O–H groups in total. The number of fused-ring (bicyclic) bond motifs is 1. The Labute approximate surface area is 158 Å². The minimum atomic E-state index is 0. The molecule has 1 saturated heterocycles. The predicted octanol–water partition coefficient (Wildman–Crippen LogP) is 3.13. The second-order valence-electron chi connectivity index (χ2n) is 6.59. The molecular weight excluding hydrogens is 354 g/mol. The molecule has 0 aromatic carbocycles. The molecule has 1 fully saturated rings. The predicted molar refractivity (Wildman–Crippen MR) is 104 cm³/mol. The second-order valence-corrected chi connectivity index (χ2v) is 7.53. The van der Waals surface area contributed by atoms with Gasteiger partial charge in [-0.2, -0.15) is 0 Å². The number of imidazole rings is 1. The fraction of sp³-hybridized carbons (Fsp3) is 0.444. The highest BCUT2D eigenvalue weighted by Crippen LogP contribution is 2.20. The lowest BCUT2D eigenvalue weighted by Gasteiger charge is -2.24. The summed E-state index contributed by atoms with van der Waals surface area (Å²) in [6, 6.07) is 6.14. The molecular formula is C18H24ClN5S. The van der Waals surface area contributed by atoms with Crippen LogP contribution in [0.15, 0.2) is 36.1 Å². The third-order valence-electron chi connectivity index (χ3n) is 4.69. The number of aromatic nitrogens is 3. The van der Waals surface area contributed by atoms with Crippen molar-refractivity contribution in [2.75, 3.05) is 19.6 Å². The third kappa shape index (κ3) is 4.39. The molecule has 3 aromatic rings. The van der Waals surface area contributed by atoms with Crippen molar-refractivity contribution in [2.45, 2.75) is 26.4 Å². The van der Waals surface area contributed by atoms with E-state index in [1.165, 1.54) is 11.3 Å². The van der Waals surface area contributed by atoms with Gasteiger partial charge in [0.05, 0.1) is 16.9 Å². The zero-order valence-corrected chi connectivity index (χ0v) is 16.0. The number of thiazole rings is 1. The first-order chi connectivity index (χ1) is 11.8. The maximum absolute atomic E-state index is 4.77. The van der Waals surface area contributed by atoms with Crippen molar-refractivity contribution in [3.8, 4) is 0 Å². The van der Waals surface area contributed by atoms with Crippen molar-refractivity contribution in [3.05, 3.63) is 52.4 Å². The summed E-state index contributed by atoms with van der Waals surface area (Å²) in [5.41, 5.74) is 5.26. The van der Waals surface area contributed by atoms with E-state index in [9.17, 15) is 0 Å². The third-order valence-corrected chi connectivity index (χ3v) is 5.61. The summed E-state index contributed by atoms with van der Waals surface area (Å²) < 4.78 is 2.10. The lowest BCUT2D eigenvalue weighted by Crippen LogP contribution is -2.30. The van der Waals surface area contributed by atoms with Crippen LogP contribution in [0, 0.1) is 12.8 Å². The zero-order chi connectivity index (χ0) is 16.4. The van der Waals surface area contributed by atoms with Crippen LogP contribution in [-0.2, 0) is 13.1 Å². The van der Waals surface area contributed by atoms with Gasteiger partial charge in [0, 0.05) is 36.9 Å². The maximum atomic E-state index is 4.77. The molecule has 1 aliphatic rings. The van der Waals surface area contributed by atoms with Gasteiger partial charge in [0.1, 0.15) is 5.65 Å². The average Bonchev–Trinajstić information content (AvgIpc) is 3.29. The average molecular weight is 378 g/mol. The Morgan fingerprint density at radius 2 is 2.28 bits per heavy atom. The fourth-order valence-corrected chi connectivity index (χ4v) is 4.21. The van der Waals surface area contributed by atoms with Crippen molar-refractivity contribution in [1.82, 2.24) is 24.6 Å². The highest BCUT2D eigenvalue weighted by Gasteiger charge is 2.20.